The predicted molar refractivity (Wildman–Crippen MR) is 58.3 cm³/mol. The summed E-state index contributed by atoms with van der Waals surface area (Å²) in [6.07, 6.45) is 2.13. The highest BCUT2D eigenvalue weighted by molar-refractivity contribution is 9.10. The molecular weight excluding hydrogens is 266 g/mol. The topological polar surface area (TPSA) is 16.1 Å². The molecule has 2 rings (SSSR count). The standard InChI is InChI=1S/C10H11BrF2N2/c11-8-2-3-9(14-6-8)15-5-1-4-10(12,13)7-15/h2-3,6H,1,4-5,7H2. The number of piperidine rings is 1. The highest BCUT2D eigenvalue weighted by Gasteiger charge is 2.35. The van der Waals surface area contributed by atoms with Crippen LogP contribution >= 0.6 is 15.9 Å². The van der Waals surface area contributed by atoms with Crippen molar-refractivity contribution in [3.63, 3.8) is 0 Å². The van der Waals surface area contributed by atoms with Gasteiger partial charge in [0.2, 0.25) is 0 Å². The first-order chi connectivity index (χ1) is 7.07. The maximum Gasteiger partial charge on any atom is 0.265 e. The Labute approximate surface area is 95.4 Å². The number of hydrogen-bond donors (Lipinski definition) is 0. The molecule has 1 aliphatic heterocycles. The van der Waals surface area contributed by atoms with Gasteiger partial charge >= 0.3 is 0 Å². The lowest BCUT2D eigenvalue weighted by molar-refractivity contribution is -0.0118. The summed E-state index contributed by atoms with van der Waals surface area (Å²) in [6.45, 7) is 0.436. The van der Waals surface area contributed by atoms with Crippen LogP contribution in [0.25, 0.3) is 0 Å². The molecule has 0 atom stereocenters. The quantitative estimate of drug-likeness (QED) is 0.784. The first-order valence-corrected chi connectivity index (χ1v) is 5.60. The smallest absolute Gasteiger partial charge is 0.265 e. The van der Waals surface area contributed by atoms with Gasteiger partial charge in [-0.2, -0.15) is 0 Å². The van der Waals surface area contributed by atoms with Crippen molar-refractivity contribution in [1.82, 2.24) is 4.98 Å². The van der Waals surface area contributed by atoms with Crippen molar-refractivity contribution in [2.24, 2.45) is 0 Å². The van der Waals surface area contributed by atoms with Crippen LogP contribution in [0.5, 0.6) is 0 Å². The number of aromatic nitrogens is 1. The van der Waals surface area contributed by atoms with Crippen molar-refractivity contribution in [3.8, 4) is 0 Å². The van der Waals surface area contributed by atoms with Crippen molar-refractivity contribution in [1.29, 1.82) is 0 Å². The van der Waals surface area contributed by atoms with E-state index >= 15 is 0 Å². The third kappa shape index (κ3) is 2.65. The Morgan fingerprint density at radius 2 is 2.20 bits per heavy atom. The molecule has 0 saturated carbocycles. The van der Waals surface area contributed by atoms with E-state index < -0.39 is 5.92 Å². The zero-order valence-corrected chi connectivity index (χ0v) is 9.67. The summed E-state index contributed by atoms with van der Waals surface area (Å²) in [4.78, 5) is 5.75. The van der Waals surface area contributed by atoms with Crippen LogP contribution in [-0.4, -0.2) is 24.0 Å². The number of rotatable bonds is 1. The van der Waals surface area contributed by atoms with Crippen LogP contribution in [0.2, 0.25) is 0 Å². The molecule has 5 heteroatoms. The van der Waals surface area contributed by atoms with Crippen LogP contribution in [0.1, 0.15) is 12.8 Å². The molecule has 0 bridgehead atoms. The fraction of sp³-hybridized carbons (Fsp3) is 0.500. The number of pyridine rings is 1. The highest BCUT2D eigenvalue weighted by atomic mass is 79.9. The minimum atomic E-state index is -2.58. The Hall–Kier alpha value is -0.710. The van der Waals surface area contributed by atoms with Crippen molar-refractivity contribution in [2.75, 3.05) is 18.0 Å². The molecule has 1 aromatic rings. The fourth-order valence-corrected chi connectivity index (χ4v) is 1.95. The van der Waals surface area contributed by atoms with Gasteiger partial charge in [-0.1, -0.05) is 0 Å². The van der Waals surface area contributed by atoms with Gasteiger partial charge in [-0.15, -0.1) is 0 Å². The summed E-state index contributed by atoms with van der Waals surface area (Å²) in [5.74, 6) is -1.95. The van der Waals surface area contributed by atoms with Crippen LogP contribution in [0.15, 0.2) is 22.8 Å². The van der Waals surface area contributed by atoms with Gasteiger partial charge in [0.05, 0.1) is 6.54 Å². The molecule has 0 amide bonds. The first kappa shape index (κ1) is 10.8. The number of anilines is 1. The second-order valence-electron chi connectivity index (χ2n) is 3.72. The molecule has 2 nitrogen and oxygen atoms in total. The average Bonchev–Trinajstić information content (AvgIpc) is 2.17. The molecule has 0 radical (unpaired) electrons. The SMILES string of the molecule is FC1(F)CCCN(c2ccc(Br)cn2)C1. The number of halogens is 3. The molecule has 1 aliphatic rings. The fourth-order valence-electron chi connectivity index (χ4n) is 1.72. The molecule has 1 saturated heterocycles. The molecule has 1 fully saturated rings. The third-order valence-electron chi connectivity index (χ3n) is 2.43. The monoisotopic (exact) mass is 276 g/mol. The molecule has 2 heterocycles. The molecule has 0 N–H and O–H groups in total. The Morgan fingerprint density at radius 1 is 1.40 bits per heavy atom. The highest BCUT2D eigenvalue weighted by Crippen LogP contribution is 2.29. The average molecular weight is 277 g/mol. The normalized spacial score (nSPS) is 20.3. The largest absolute Gasteiger partial charge is 0.351 e. The van der Waals surface area contributed by atoms with E-state index in [0.717, 1.165) is 4.47 Å². The molecule has 0 aromatic carbocycles. The summed E-state index contributed by atoms with van der Waals surface area (Å²) in [7, 11) is 0. The van der Waals surface area contributed by atoms with E-state index in [9.17, 15) is 8.78 Å². The second kappa shape index (κ2) is 4.04. The Morgan fingerprint density at radius 3 is 2.80 bits per heavy atom. The Bertz CT molecular complexity index is 340. The van der Waals surface area contributed by atoms with Gasteiger partial charge in [0.1, 0.15) is 5.82 Å². The zero-order chi connectivity index (χ0) is 10.9. The third-order valence-corrected chi connectivity index (χ3v) is 2.90. The summed E-state index contributed by atoms with van der Waals surface area (Å²) >= 11 is 3.26. The van der Waals surface area contributed by atoms with E-state index in [4.69, 9.17) is 0 Å². The van der Waals surface area contributed by atoms with Crippen molar-refractivity contribution < 1.29 is 8.78 Å². The molecule has 15 heavy (non-hydrogen) atoms. The summed E-state index contributed by atoms with van der Waals surface area (Å²) in [5, 5.41) is 0. The first-order valence-electron chi connectivity index (χ1n) is 4.81. The van der Waals surface area contributed by atoms with E-state index in [1.165, 1.54) is 0 Å². The van der Waals surface area contributed by atoms with E-state index in [2.05, 4.69) is 20.9 Å². The van der Waals surface area contributed by atoms with Gasteiger partial charge in [-0.05, 0) is 34.5 Å². The van der Waals surface area contributed by atoms with E-state index in [1.807, 2.05) is 6.07 Å². The lowest BCUT2D eigenvalue weighted by Crippen LogP contribution is -2.42. The zero-order valence-electron chi connectivity index (χ0n) is 8.09. The van der Waals surface area contributed by atoms with Gasteiger partial charge in [0.15, 0.2) is 0 Å². The summed E-state index contributed by atoms with van der Waals surface area (Å²) < 4.78 is 27.1. The maximum absolute atomic E-state index is 13.1. The van der Waals surface area contributed by atoms with Gasteiger partial charge < -0.3 is 4.90 Å². The lowest BCUT2D eigenvalue weighted by atomic mass is 10.1. The Kier molecular flexibility index (Phi) is 2.91. The number of alkyl halides is 2. The predicted octanol–water partition coefficient (Wildman–Crippen LogP) is 3.08. The van der Waals surface area contributed by atoms with Crippen molar-refractivity contribution in [2.45, 2.75) is 18.8 Å². The molecule has 1 aromatic heterocycles. The minimum absolute atomic E-state index is 0.0139. The Balaban J connectivity index is 2.13. The minimum Gasteiger partial charge on any atom is -0.351 e. The van der Waals surface area contributed by atoms with Crippen LogP contribution in [0, 0.1) is 0 Å². The number of hydrogen-bond acceptors (Lipinski definition) is 2. The van der Waals surface area contributed by atoms with Gasteiger partial charge in [-0.3, -0.25) is 0 Å². The molecule has 0 aliphatic carbocycles. The van der Waals surface area contributed by atoms with E-state index in [1.54, 1.807) is 17.2 Å². The van der Waals surface area contributed by atoms with Gasteiger partial charge in [0, 0.05) is 23.6 Å². The summed E-state index contributed by atoms with van der Waals surface area (Å²) in [6, 6.07) is 3.57. The van der Waals surface area contributed by atoms with Crippen LogP contribution < -0.4 is 4.90 Å². The van der Waals surface area contributed by atoms with Crippen LogP contribution in [0.4, 0.5) is 14.6 Å². The number of nitrogens with zero attached hydrogens (tertiary/aromatic N) is 2. The van der Waals surface area contributed by atoms with Gasteiger partial charge in [0.25, 0.3) is 5.92 Å². The van der Waals surface area contributed by atoms with Crippen molar-refractivity contribution >= 4 is 21.7 Å². The van der Waals surface area contributed by atoms with E-state index in [-0.39, 0.29) is 13.0 Å². The molecule has 0 spiro atoms. The lowest BCUT2D eigenvalue weighted by Gasteiger charge is -2.33. The maximum atomic E-state index is 13.1. The van der Waals surface area contributed by atoms with E-state index in [0.29, 0.717) is 18.8 Å². The molecule has 82 valence electrons. The molecule has 0 unspecified atom stereocenters. The van der Waals surface area contributed by atoms with Gasteiger partial charge in [-0.25, -0.2) is 13.8 Å². The second-order valence-corrected chi connectivity index (χ2v) is 4.63. The van der Waals surface area contributed by atoms with Crippen molar-refractivity contribution in [3.05, 3.63) is 22.8 Å². The molecular formula is C10H11BrF2N2. The van der Waals surface area contributed by atoms with Crippen LogP contribution in [-0.2, 0) is 0 Å². The van der Waals surface area contributed by atoms with Crippen LogP contribution in [0.3, 0.4) is 0 Å². The summed E-state index contributed by atoms with van der Waals surface area (Å²) in [5.41, 5.74) is 0.